The van der Waals surface area contributed by atoms with Crippen LogP contribution in [0.2, 0.25) is 5.02 Å². The number of aliphatic carboxylic acids is 1. The minimum atomic E-state index is -1.11. The van der Waals surface area contributed by atoms with E-state index in [9.17, 15) is 9.59 Å². The van der Waals surface area contributed by atoms with Gasteiger partial charge in [-0.3, -0.25) is 9.59 Å². The number of nitrogens with one attached hydrogen (secondary N) is 1. The molecule has 0 radical (unpaired) electrons. The van der Waals surface area contributed by atoms with Gasteiger partial charge < -0.3 is 16.2 Å². The summed E-state index contributed by atoms with van der Waals surface area (Å²) in [7, 11) is 0. The summed E-state index contributed by atoms with van der Waals surface area (Å²) in [5.74, 6) is -1.65. The summed E-state index contributed by atoms with van der Waals surface area (Å²) in [5, 5.41) is 11.1. The van der Waals surface area contributed by atoms with Gasteiger partial charge in [0.15, 0.2) is 0 Å². The Morgan fingerprint density at radius 1 is 1.50 bits per heavy atom. The van der Waals surface area contributed by atoms with Crippen LogP contribution in [0.3, 0.4) is 0 Å². The number of amides is 1. The number of hydrogen-bond donors (Lipinski definition) is 3. The molecule has 4 N–H and O–H groups in total. The second kappa shape index (κ2) is 4.85. The van der Waals surface area contributed by atoms with Crippen molar-refractivity contribution in [2.45, 2.75) is 13.0 Å². The average molecular weight is 243 g/mol. The van der Waals surface area contributed by atoms with Crippen molar-refractivity contribution in [1.29, 1.82) is 0 Å². The number of nitrogens with two attached hydrogens (primary N) is 1. The molecule has 16 heavy (non-hydrogen) atoms. The first-order chi connectivity index (χ1) is 7.41. The van der Waals surface area contributed by atoms with E-state index in [1.54, 1.807) is 0 Å². The number of carboxylic acid groups (broad SMARTS) is 1. The molecule has 86 valence electrons. The fraction of sp³-hybridized carbons (Fsp3) is 0.200. The quantitative estimate of drug-likeness (QED) is 0.693. The molecular formula is C10H11ClN2O3. The molecule has 0 aliphatic rings. The first kappa shape index (κ1) is 12.3. The van der Waals surface area contributed by atoms with Crippen molar-refractivity contribution in [3.63, 3.8) is 0 Å². The van der Waals surface area contributed by atoms with Gasteiger partial charge in [0.25, 0.3) is 5.91 Å². The third-order valence-corrected chi connectivity index (χ3v) is 2.27. The Balaban J connectivity index is 2.85. The van der Waals surface area contributed by atoms with E-state index in [0.717, 1.165) is 0 Å². The molecule has 0 heterocycles. The van der Waals surface area contributed by atoms with Gasteiger partial charge in [-0.1, -0.05) is 11.6 Å². The van der Waals surface area contributed by atoms with Crippen LogP contribution in [0.4, 0.5) is 5.69 Å². The van der Waals surface area contributed by atoms with Crippen LogP contribution >= 0.6 is 11.6 Å². The number of halogens is 1. The molecule has 0 bridgehead atoms. The maximum atomic E-state index is 11.6. The van der Waals surface area contributed by atoms with Crippen molar-refractivity contribution >= 4 is 29.2 Å². The summed E-state index contributed by atoms with van der Waals surface area (Å²) >= 11 is 5.80. The van der Waals surface area contributed by atoms with Crippen molar-refractivity contribution in [2.24, 2.45) is 0 Å². The lowest BCUT2D eigenvalue weighted by Crippen LogP contribution is -2.38. The van der Waals surface area contributed by atoms with E-state index < -0.39 is 17.9 Å². The molecule has 0 aliphatic carbocycles. The molecular weight excluding hydrogens is 232 g/mol. The van der Waals surface area contributed by atoms with Crippen LogP contribution in [0.1, 0.15) is 17.3 Å². The maximum absolute atomic E-state index is 11.6. The first-order valence-electron chi connectivity index (χ1n) is 4.50. The Bertz CT molecular complexity index is 434. The number of anilines is 1. The van der Waals surface area contributed by atoms with Crippen molar-refractivity contribution in [1.82, 2.24) is 5.32 Å². The molecule has 1 rings (SSSR count). The van der Waals surface area contributed by atoms with E-state index in [2.05, 4.69) is 5.32 Å². The van der Waals surface area contributed by atoms with Crippen molar-refractivity contribution < 1.29 is 14.7 Å². The van der Waals surface area contributed by atoms with Gasteiger partial charge in [0, 0.05) is 5.69 Å². The number of benzene rings is 1. The fourth-order valence-corrected chi connectivity index (χ4v) is 1.33. The minimum absolute atomic E-state index is 0.190. The summed E-state index contributed by atoms with van der Waals surface area (Å²) in [4.78, 5) is 22.1. The van der Waals surface area contributed by atoms with Crippen LogP contribution in [0, 0.1) is 0 Å². The lowest BCUT2D eigenvalue weighted by molar-refractivity contribution is -0.138. The second-order valence-corrected chi connectivity index (χ2v) is 3.68. The molecule has 0 aromatic heterocycles. The van der Waals surface area contributed by atoms with Crippen LogP contribution in [-0.2, 0) is 4.79 Å². The molecule has 1 amide bonds. The highest BCUT2D eigenvalue weighted by molar-refractivity contribution is 6.34. The molecule has 1 aromatic rings. The molecule has 0 saturated heterocycles. The van der Waals surface area contributed by atoms with E-state index in [-0.39, 0.29) is 10.6 Å². The Morgan fingerprint density at radius 2 is 2.12 bits per heavy atom. The van der Waals surface area contributed by atoms with Crippen LogP contribution in [-0.4, -0.2) is 23.0 Å². The molecule has 0 spiro atoms. The van der Waals surface area contributed by atoms with Gasteiger partial charge in [-0.2, -0.15) is 0 Å². The van der Waals surface area contributed by atoms with E-state index in [1.807, 2.05) is 0 Å². The van der Waals surface area contributed by atoms with Gasteiger partial charge in [0.2, 0.25) is 0 Å². The number of carbonyl (C=O) groups is 2. The predicted molar refractivity (Wildman–Crippen MR) is 60.4 cm³/mol. The van der Waals surface area contributed by atoms with Crippen molar-refractivity contribution in [3.05, 3.63) is 28.8 Å². The van der Waals surface area contributed by atoms with E-state index in [0.29, 0.717) is 5.69 Å². The summed E-state index contributed by atoms with van der Waals surface area (Å²) in [6, 6.07) is 3.43. The zero-order chi connectivity index (χ0) is 12.3. The van der Waals surface area contributed by atoms with Crippen molar-refractivity contribution in [3.8, 4) is 0 Å². The van der Waals surface area contributed by atoms with Gasteiger partial charge in [-0.15, -0.1) is 0 Å². The van der Waals surface area contributed by atoms with E-state index in [4.69, 9.17) is 22.4 Å². The molecule has 5 nitrogen and oxygen atoms in total. The lowest BCUT2D eigenvalue weighted by Gasteiger charge is -2.10. The third kappa shape index (κ3) is 2.87. The lowest BCUT2D eigenvalue weighted by atomic mass is 10.2. The van der Waals surface area contributed by atoms with E-state index >= 15 is 0 Å². The molecule has 1 atom stereocenters. The first-order valence-corrected chi connectivity index (χ1v) is 4.88. The molecule has 1 unspecified atom stereocenters. The minimum Gasteiger partial charge on any atom is -0.480 e. The summed E-state index contributed by atoms with van der Waals surface area (Å²) in [6.45, 7) is 1.37. The SMILES string of the molecule is CC(NC(=O)c1ccc(N)cc1Cl)C(=O)O. The number of rotatable bonds is 3. The predicted octanol–water partition coefficient (Wildman–Crippen LogP) is 1.13. The Morgan fingerprint density at radius 3 is 2.62 bits per heavy atom. The fourth-order valence-electron chi connectivity index (χ4n) is 1.05. The zero-order valence-electron chi connectivity index (χ0n) is 8.53. The molecule has 0 fully saturated rings. The molecule has 0 saturated carbocycles. The molecule has 1 aromatic carbocycles. The van der Waals surface area contributed by atoms with E-state index in [1.165, 1.54) is 25.1 Å². The number of hydrogen-bond acceptors (Lipinski definition) is 3. The third-order valence-electron chi connectivity index (χ3n) is 1.96. The zero-order valence-corrected chi connectivity index (χ0v) is 9.28. The largest absolute Gasteiger partial charge is 0.480 e. The summed E-state index contributed by atoms with van der Waals surface area (Å²) in [6.07, 6.45) is 0. The summed E-state index contributed by atoms with van der Waals surface area (Å²) < 4.78 is 0. The molecule has 0 aliphatic heterocycles. The number of carbonyl (C=O) groups excluding carboxylic acids is 1. The summed E-state index contributed by atoms with van der Waals surface area (Å²) in [5.41, 5.74) is 6.10. The highest BCUT2D eigenvalue weighted by Gasteiger charge is 2.17. The van der Waals surface area contributed by atoms with Crippen molar-refractivity contribution in [2.75, 3.05) is 5.73 Å². The number of nitrogen functional groups attached to an aromatic ring is 1. The number of carboxylic acids is 1. The Hall–Kier alpha value is -1.75. The van der Waals surface area contributed by atoms with Crippen LogP contribution in [0.5, 0.6) is 0 Å². The highest BCUT2D eigenvalue weighted by Crippen LogP contribution is 2.18. The maximum Gasteiger partial charge on any atom is 0.325 e. The van der Waals surface area contributed by atoms with Gasteiger partial charge in [-0.25, -0.2) is 0 Å². The van der Waals surface area contributed by atoms with Gasteiger partial charge in [-0.05, 0) is 25.1 Å². The molecule has 6 heteroatoms. The Kier molecular flexibility index (Phi) is 3.73. The van der Waals surface area contributed by atoms with Gasteiger partial charge >= 0.3 is 5.97 Å². The van der Waals surface area contributed by atoms with Crippen LogP contribution < -0.4 is 11.1 Å². The highest BCUT2D eigenvalue weighted by atomic mass is 35.5. The van der Waals surface area contributed by atoms with Crippen LogP contribution in [0.25, 0.3) is 0 Å². The normalized spacial score (nSPS) is 11.9. The van der Waals surface area contributed by atoms with Crippen LogP contribution in [0.15, 0.2) is 18.2 Å². The Labute approximate surface area is 97.2 Å². The van der Waals surface area contributed by atoms with Gasteiger partial charge in [0.05, 0.1) is 10.6 Å². The average Bonchev–Trinajstić information content (AvgIpc) is 2.16. The van der Waals surface area contributed by atoms with Gasteiger partial charge in [0.1, 0.15) is 6.04 Å². The standard InChI is InChI=1S/C10H11ClN2O3/c1-5(10(15)16)13-9(14)7-3-2-6(12)4-8(7)11/h2-5H,12H2,1H3,(H,13,14)(H,15,16). The monoisotopic (exact) mass is 242 g/mol. The topological polar surface area (TPSA) is 92.4 Å². The smallest absolute Gasteiger partial charge is 0.325 e. The second-order valence-electron chi connectivity index (χ2n) is 3.27.